The number of hydrogen-bond acceptors (Lipinski definition) is 6. The Morgan fingerprint density at radius 2 is 2.14 bits per heavy atom. The standard InChI is InChI=1S/C13H17N5O3/c1-17-9-15-13(16-17)6-7-14-8-12(19)10-2-4-11(5-3-10)18(20)21/h2-5,9,12,14,19H,6-8H2,1H3. The predicted octanol–water partition coefficient (Wildman–Crippen LogP) is 0.589. The largest absolute Gasteiger partial charge is 0.387 e. The topological polar surface area (TPSA) is 106 Å². The van der Waals surface area contributed by atoms with Gasteiger partial charge in [-0.1, -0.05) is 0 Å². The van der Waals surface area contributed by atoms with Gasteiger partial charge in [-0.3, -0.25) is 14.8 Å². The molecule has 8 heteroatoms. The molecule has 0 aliphatic rings. The molecule has 2 rings (SSSR count). The molecule has 0 saturated carbocycles. The Labute approximate surface area is 121 Å². The second-order valence-corrected chi connectivity index (χ2v) is 4.65. The van der Waals surface area contributed by atoms with Crippen molar-refractivity contribution in [1.29, 1.82) is 0 Å². The number of aliphatic hydroxyl groups is 1. The normalized spacial score (nSPS) is 12.3. The van der Waals surface area contributed by atoms with E-state index < -0.39 is 11.0 Å². The summed E-state index contributed by atoms with van der Waals surface area (Å²) in [6.45, 7) is 1.01. The first kappa shape index (κ1) is 15.1. The summed E-state index contributed by atoms with van der Waals surface area (Å²) in [5.41, 5.74) is 0.657. The van der Waals surface area contributed by atoms with Crippen molar-refractivity contribution in [3.63, 3.8) is 0 Å². The highest BCUT2D eigenvalue weighted by Gasteiger charge is 2.10. The third-order valence-electron chi connectivity index (χ3n) is 3.00. The van der Waals surface area contributed by atoms with Crippen molar-refractivity contribution in [3.8, 4) is 0 Å². The average molecular weight is 291 g/mol. The number of nitro benzene ring substituents is 1. The van der Waals surface area contributed by atoms with E-state index in [0.29, 0.717) is 25.1 Å². The third kappa shape index (κ3) is 4.33. The van der Waals surface area contributed by atoms with Gasteiger partial charge in [0.05, 0.1) is 11.0 Å². The second kappa shape index (κ2) is 6.91. The zero-order valence-corrected chi connectivity index (χ0v) is 11.6. The maximum absolute atomic E-state index is 10.5. The number of hydrogen-bond donors (Lipinski definition) is 2. The summed E-state index contributed by atoms with van der Waals surface area (Å²) in [5, 5.41) is 27.8. The van der Waals surface area contributed by atoms with E-state index in [9.17, 15) is 15.2 Å². The van der Waals surface area contributed by atoms with Crippen LogP contribution in [-0.2, 0) is 13.5 Å². The van der Waals surface area contributed by atoms with E-state index in [4.69, 9.17) is 0 Å². The minimum Gasteiger partial charge on any atom is -0.387 e. The molecule has 0 aliphatic heterocycles. The molecule has 0 spiro atoms. The molecule has 1 aromatic heterocycles. The van der Waals surface area contributed by atoms with Crippen molar-refractivity contribution in [2.24, 2.45) is 7.05 Å². The lowest BCUT2D eigenvalue weighted by atomic mass is 10.1. The van der Waals surface area contributed by atoms with Gasteiger partial charge in [0.1, 0.15) is 6.33 Å². The lowest BCUT2D eigenvalue weighted by Crippen LogP contribution is -2.24. The number of nitrogens with zero attached hydrogens (tertiary/aromatic N) is 4. The lowest BCUT2D eigenvalue weighted by Gasteiger charge is -2.11. The van der Waals surface area contributed by atoms with E-state index >= 15 is 0 Å². The van der Waals surface area contributed by atoms with Crippen molar-refractivity contribution >= 4 is 5.69 Å². The SMILES string of the molecule is Cn1cnc(CCNCC(O)c2ccc([N+](=O)[O-])cc2)n1. The van der Waals surface area contributed by atoms with Crippen LogP contribution in [0.15, 0.2) is 30.6 Å². The van der Waals surface area contributed by atoms with E-state index in [1.54, 1.807) is 23.1 Å². The van der Waals surface area contributed by atoms with Gasteiger partial charge in [-0.2, -0.15) is 5.10 Å². The molecular weight excluding hydrogens is 274 g/mol. The number of aryl methyl sites for hydroxylation is 1. The summed E-state index contributed by atoms with van der Waals surface area (Å²) < 4.78 is 1.64. The number of aromatic nitrogens is 3. The maximum atomic E-state index is 10.5. The molecule has 0 radical (unpaired) electrons. The fourth-order valence-electron chi connectivity index (χ4n) is 1.87. The maximum Gasteiger partial charge on any atom is 0.269 e. The number of aliphatic hydroxyl groups excluding tert-OH is 1. The van der Waals surface area contributed by atoms with Crippen LogP contribution in [0, 0.1) is 10.1 Å². The van der Waals surface area contributed by atoms with Gasteiger partial charge in [-0.25, -0.2) is 4.98 Å². The average Bonchev–Trinajstić information content (AvgIpc) is 2.89. The molecule has 1 unspecified atom stereocenters. The smallest absolute Gasteiger partial charge is 0.269 e. The summed E-state index contributed by atoms with van der Waals surface area (Å²) >= 11 is 0. The van der Waals surface area contributed by atoms with Crippen molar-refractivity contribution in [2.45, 2.75) is 12.5 Å². The fourth-order valence-corrected chi connectivity index (χ4v) is 1.87. The highest BCUT2D eigenvalue weighted by molar-refractivity contribution is 5.33. The number of nitrogens with one attached hydrogen (secondary N) is 1. The van der Waals surface area contributed by atoms with E-state index in [2.05, 4.69) is 15.4 Å². The highest BCUT2D eigenvalue weighted by atomic mass is 16.6. The Morgan fingerprint density at radius 3 is 2.71 bits per heavy atom. The van der Waals surface area contributed by atoms with Crippen LogP contribution in [0.3, 0.4) is 0 Å². The van der Waals surface area contributed by atoms with Gasteiger partial charge in [0.2, 0.25) is 0 Å². The molecule has 0 saturated heterocycles. The minimum atomic E-state index is -0.706. The predicted molar refractivity (Wildman–Crippen MR) is 75.6 cm³/mol. The molecule has 8 nitrogen and oxygen atoms in total. The summed E-state index contributed by atoms with van der Waals surface area (Å²) in [6, 6.07) is 5.89. The Bertz CT molecular complexity index is 596. The summed E-state index contributed by atoms with van der Waals surface area (Å²) in [5.74, 6) is 0.745. The minimum absolute atomic E-state index is 0.0140. The first-order chi connectivity index (χ1) is 10.1. The summed E-state index contributed by atoms with van der Waals surface area (Å²) in [4.78, 5) is 14.2. The number of non-ortho nitro benzene ring substituents is 1. The monoisotopic (exact) mass is 291 g/mol. The Balaban J connectivity index is 1.76. The highest BCUT2D eigenvalue weighted by Crippen LogP contribution is 2.17. The molecule has 112 valence electrons. The Hall–Kier alpha value is -2.32. The summed E-state index contributed by atoms with van der Waals surface area (Å²) in [7, 11) is 1.81. The van der Waals surface area contributed by atoms with Crippen LogP contribution in [0.4, 0.5) is 5.69 Å². The molecule has 0 aliphatic carbocycles. The van der Waals surface area contributed by atoms with Gasteiger partial charge >= 0.3 is 0 Å². The van der Waals surface area contributed by atoms with Gasteiger partial charge in [-0.15, -0.1) is 0 Å². The van der Waals surface area contributed by atoms with Crippen LogP contribution >= 0.6 is 0 Å². The van der Waals surface area contributed by atoms with Crippen LogP contribution in [0.5, 0.6) is 0 Å². The third-order valence-corrected chi connectivity index (χ3v) is 3.00. The van der Waals surface area contributed by atoms with Crippen LogP contribution in [0.1, 0.15) is 17.5 Å². The van der Waals surface area contributed by atoms with Gasteiger partial charge in [0.15, 0.2) is 5.82 Å². The van der Waals surface area contributed by atoms with E-state index in [1.807, 2.05) is 7.05 Å². The molecule has 0 bridgehead atoms. The lowest BCUT2D eigenvalue weighted by molar-refractivity contribution is -0.384. The van der Waals surface area contributed by atoms with Gasteiger partial charge in [0.25, 0.3) is 5.69 Å². The molecule has 1 aromatic carbocycles. The van der Waals surface area contributed by atoms with Crippen LogP contribution in [0.2, 0.25) is 0 Å². The molecule has 1 heterocycles. The van der Waals surface area contributed by atoms with Crippen molar-refractivity contribution in [3.05, 3.63) is 52.1 Å². The van der Waals surface area contributed by atoms with Crippen molar-refractivity contribution < 1.29 is 10.0 Å². The molecular formula is C13H17N5O3. The number of rotatable bonds is 7. The molecule has 0 fully saturated rings. The van der Waals surface area contributed by atoms with Gasteiger partial charge in [0, 0.05) is 38.7 Å². The quantitative estimate of drug-likeness (QED) is 0.439. The van der Waals surface area contributed by atoms with Gasteiger partial charge in [-0.05, 0) is 17.7 Å². The van der Waals surface area contributed by atoms with E-state index in [-0.39, 0.29) is 5.69 Å². The Morgan fingerprint density at radius 1 is 1.43 bits per heavy atom. The van der Waals surface area contributed by atoms with Crippen molar-refractivity contribution in [2.75, 3.05) is 13.1 Å². The molecule has 1 atom stereocenters. The zero-order chi connectivity index (χ0) is 15.2. The van der Waals surface area contributed by atoms with E-state index in [0.717, 1.165) is 5.82 Å². The van der Waals surface area contributed by atoms with Crippen LogP contribution in [0.25, 0.3) is 0 Å². The van der Waals surface area contributed by atoms with Crippen molar-refractivity contribution in [1.82, 2.24) is 20.1 Å². The molecule has 2 N–H and O–H groups in total. The van der Waals surface area contributed by atoms with Gasteiger partial charge < -0.3 is 10.4 Å². The second-order valence-electron chi connectivity index (χ2n) is 4.65. The van der Waals surface area contributed by atoms with E-state index in [1.165, 1.54) is 12.1 Å². The number of benzene rings is 1. The first-order valence-electron chi connectivity index (χ1n) is 6.54. The fraction of sp³-hybridized carbons (Fsp3) is 0.385. The summed E-state index contributed by atoms with van der Waals surface area (Å²) in [6.07, 6.45) is 1.61. The van der Waals surface area contributed by atoms with Crippen LogP contribution < -0.4 is 5.32 Å². The Kier molecular flexibility index (Phi) is 4.96. The first-order valence-corrected chi connectivity index (χ1v) is 6.54. The zero-order valence-electron chi connectivity index (χ0n) is 11.6. The molecule has 0 amide bonds. The van der Waals surface area contributed by atoms with Crippen LogP contribution in [-0.4, -0.2) is 37.9 Å². The molecule has 2 aromatic rings. The molecule has 21 heavy (non-hydrogen) atoms. The number of nitro groups is 1.